The molecule has 1 atom stereocenters. The topological polar surface area (TPSA) is 62.4 Å². The minimum absolute atomic E-state index is 0.00738. The van der Waals surface area contributed by atoms with E-state index in [-0.39, 0.29) is 17.8 Å². The Morgan fingerprint density at radius 2 is 1.94 bits per heavy atom. The van der Waals surface area contributed by atoms with Crippen molar-refractivity contribution in [1.29, 1.82) is 0 Å². The molecule has 0 radical (unpaired) electrons. The van der Waals surface area contributed by atoms with Crippen LogP contribution in [-0.4, -0.2) is 51.2 Å². The highest BCUT2D eigenvalue weighted by atomic mass is 35.5. The summed E-state index contributed by atoms with van der Waals surface area (Å²) in [6, 6.07) is 12.0. The number of hydrogen-bond acceptors (Lipinski definition) is 3. The number of fused-ring (bicyclic) bond motifs is 4. The number of aromatic nitrogens is 2. The van der Waals surface area contributed by atoms with Crippen LogP contribution in [0.4, 0.5) is 0 Å². The average Bonchev–Trinajstić information content (AvgIpc) is 3.64. The van der Waals surface area contributed by atoms with Crippen LogP contribution in [0.1, 0.15) is 53.2 Å². The Bertz CT molecular complexity index is 1530. The molecular weight excluding hydrogens is 472 g/mol. The molecule has 0 bridgehead atoms. The molecule has 6 nitrogen and oxygen atoms in total. The van der Waals surface area contributed by atoms with Crippen molar-refractivity contribution < 1.29 is 9.90 Å². The highest BCUT2D eigenvalue weighted by Gasteiger charge is 2.41. The molecule has 1 amide bonds. The second-order valence-electron chi connectivity index (χ2n) is 11.0. The molecule has 2 aromatic heterocycles. The summed E-state index contributed by atoms with van der Waals surface area (Å²) in [5.74, 6) is 0.379. The number of nitrogens with one attached hydrogen (secondary N) is 1. The van der Waals surface area contributed by atoms with Gasteiger partial charge in [-0.15, -0.1) is 0 Å². The third-order valence-corrected chi connectivity index (χ3v) is 9.43. The second kappa shape index (κ2) is 8.02. The molecule has 2 N–H and O–H groups in total. The van der Waals surface area contributed by atoms with Crippen molar-refractivity contribution in [1.82, 2.24) is 19.4 Å². The van der Waals surface area contributed by atoms with Crippen LogP contribution in [0.5, 0.6) is 5.88 Å². The predicted molar refractivity (Wildman–Crippen MR) is 143 cm³/mol. The number of aromatic hydroxyl groups is 1. The van der Waals surface area contributed by atoms with E-state index in [9.17, 15) is 9.90 Å². The Kier molecular flexibility index (Phi) is 4.96. The van der Waals surface area contributed by atoms with Crippen LogP contribution < -0.4 is 5.32 Å². The number of nitrogens with zero attached hydrogens (tertiary/aromatic N) is 3. The van der Waals surface area contributed by atoms with Crippen molar-refractivity contribution >= 4 is 39.3 Å². The summed E-state index contributed by atoms with van der Waals surface area (Å²) >= 11 is 6.56. The van der Waals surface area contributed by atoms with Gasteiger partial charge in [0, 0.05) is 37.3 Å². The summed E-state index contributed by atoms with van der Waals surface area (Å²) in [7, 11) is 2.01. The molecule has 7 heteroatoms. The van der Waals surface area contributed by atoms with Gasteiger partial charge in [-0.3, -0.25) is 4.79 Å². The molecule has 2 saturated heterocycles. The molecule has 186 valence electrons. The van der Waals surface area contributed by atoms with E-state index in [4.69, 9.17) is 11.6 Å². The molecule has 4 aromatic rings. The zero-order valence-electron chi connectivity index (χ0n) is 20.6. The van der Waals surface area contributed by atoms with Gasteiger partial charge in [0.1, 0.15) is 0 Å². The van der Waals surface area contributed by atoms with Crippen LogP contribution in [0.25, 0.3) is 21.8 Å². The number of halogens is 1. The summed E-state index contributed by atoms with van der Waals surface area (Å²) in [6.45, 7) is 3.82. The van der Waals surface area contributed by atoms with Crippen LogP contribution in [0.15, 0.2) is 42.6 Å². The fourth-order valence-electron chi connectivity index (χ4n) is 7.06. The normalized spacial score (nSPS) is 21.2. The molecule has 2 aromatic carbocycles. The van der Waals surface area contributed by atoms with Crippen molar-refractivity contribution in [3.05, 3.63) is 64.3 Å². The van der Waals surface area contributed by atoms with E-state index in [2.05, 4.69) is 26.9 Å². The lowest BCUT2D eigenvalue weighted by molar-refractivity contribution is 0.0761. The van der Waals surface area contributed by atoms with E-state index in [1.807, 2.05) is 42.1 Å². The first-order chi connectivity index (χ1) is 17.5. The zero-order chi connectivity index (χ0) is 24.6. The van der Waals surface area contributed by atoms with Gasteiger partial charge in [0.25, 0.3) is 5.91 Å². The van der Waals surface area contributed by atoms with Gasteiger partial charge in [-0.05, 0) is 86.0 Å². The van der Waals surface area contributed by atoms with Gasteiger partial charge in [0.2, 0.25) is 5.88 Å². The predicted octanol–water partition coefficient (Wildman–Crippen LogP) is 5.24. The smallest absolute Gasteiger partial charge is 0.253 e. The third-order valence-electron chi connectivity index (χ3n) is 9.11. The molecule has 4 heterocycles. The van der Waals surface area contributed by atoms with Gasteiger partial charge in [0.05, 0.1) is 27.5 Å². The first-order valence-electron chi connectivity index (χ1n) is 13.0. The summed E-state index contributed by atoms with van der Waals surface area (Å²) in [5, 5.41) is 17.2. The number of benzene rings is 2. The molecule has 1 unspecified atom stereocenters. The molecule has 0 saturated carbocycles. The Balaban J connectivity index is 1.24. The van der Waals surface area contributed by atoms with E-state index in [0.717, 1.165) is 91.2 Å². The maximum Gasteiger partial charge on any atom is 0.253 e. The first-order valence-corrected chi connectivity index (χ1v) is 13.4. The van der Waals surface area contributed by atoms with Gasteiger partial charge in [-0.1, -0.05) is 23.7 Å². The van der Waals surface area contributed by atoms with Gasteiger partial charge in [-0.2, -0.15) is 0 Å². The molecule has 7 rings (SSSR count). The maximum atomic E-state index is 13.5. The first kappa shape index (κ1) is 22.3. The third kappa shape index (κ3) is 3.17. The standard InChI is InChI=1S/C29H31ClN4O2/c1-32-23-4-2-3-21(30)25(23)26-24(32)16-34(28(26)36)22-8-7-18-5-6-19(15-20(18)22)27(35)33-14-11-29(17-33)9-12-31-13-10-29/h2-6,15-16,22,31,36H,7-14,17H2,1H3. The molecule has 2 aliphatic heterocycles. The van der Waals surface area contributed by atoms with Gasteiger partial charge >= 0.3 is 0 Å². The quantitative estimate of drug-likeness (QED) is 0.394. The number of carbonyl (C=O) groups excluding carboxylic acids is 1. The number of amides is 1. The monoisotopic (exact) mass is 502 g/mol. The number of hydrogen-bond donors (Lipinski definition) is 2. The van der Waals surface area contributed by atoms with Crippen LogP contribution in [-0.2, 0) is 13.5 Å². The molecule has 1 aliphatic carbocycles. The Hall–Kier alpha value is -2.96. The number of carbonyl (C=O) groups is 1. The Morgan fingerprint density at radius 3 is 2.78 bits per heavy atom. The zero-order valence-corrected chi connectivity index (χ0v) is 21.3. The van der Waals surface area contributed by atoms with E-state index in [0.29, 0.717) is 10.4 Å². The number of likely N-dealkylation sites (tertiary alicyclic amines) is 1. The van der Waals surface area contributed by atoms with Gasteiger partial charge in [-0.25, -0.2) is 0 Å². The molecule has 1 spiro atoms. The van der Waals surface area contributed by atoms with E-state index in [1.165, 1.54) is 5.56 Å². The summed E-state index contributed by atoms with van der Waals surface area (Å²) < 4.78 is 4.07. The van der Waals surface area contributed by atoms with Crippen molar-refractivity contribution in [3.63, 3.8) is 0 Å². The number of piperidine rings is 1. The summed E-state index contributed by atoms with van der Waals surface area (Å²) in [5.41, 5.74) is 5.42. The van der Waals surface area contributed by atoms with Gasteiger partial charge in [0.15, 0.2) is 0 Å². The molecule has 2 fully saturated rings. The SMILES string of the molecule is Cn1c2cccc(Cl)c2c2c(O)n(C3CCc4ccc(C(=O)N5CCC6(CCNCC6)C5)cc43)cc21. The van der Waals surface area contributed by atoms with Crippen molar-refractivity contribution in [2.24, 2.45) is 12.5 Å². The summed E-state index contributed by atoms with van der Waals surface area (Å²) in [6.07, 6.45) is 7.28. The van der Waals surface area contributed by atoms with E-state index < -0.39 is 0 Å². The molecule has 3 aliphatic rings. The second-order valence-corrected chi connectivity index (χ2v) is 11.4. The van der Waals surface area contributed by atoms with Crippen molar-refractivity contribution in [2.75, 3.05) is 26.2 Å². The fourth-order valence-corrected chi connectivity index (χ4v) is 7.33. The van der Waals surface area contributed by atoms with Gasteiger partial charge < -0.3 is 24.5 Å². The lowest BCUT2D eigenvalue weighted by atomic mass is 9.78. The Labute approximate surface area is 215 Å². The van der Waals surface area contributed by atoms with Crippen molar-refractivity contribution in [2.45, 2.75) is 38.1 Å². The fraction of sp³-hybridized carbons (Fsp3) is 0.414. The number of aryl methyl sites for hydroxylation is 2. The van der Waals surface area contributed by atoms with E-state index in [1.54, 1.807) is 0 Å². The highest BCUT2D eigenvalue weighted by molar-refractivity contribution is 6.38. The minimum Gasteiger partial charge on any atom is -0.494 e. The largest absolute Gasteiger partial charge is 0.494 e. The van der Waals surface area contributed by atoms with Crippen LogP contribution in [0, 0.1) is 5.41 Å². The maximum absolute atomic E-state index is 13.5. The highest BCUT2D eigenvalue weighted by Crippen LogP contribution is 2.45. The van der Waals surface area contributed by atoms with Crippen LogP contribution in [0.3, 0.4) is 0 Å². The Morgan fingerprint density at radius 1 is 1.11 bits per heavy atom. The lowest BCUT2D eigenvalue weighted by Crippen LogP contribution is -2.39. The molecule has 36 heavy (non-hydrogen) atoms. The lowest BCUT2D eigenvalue weighted by Gasteiger charge is -2.33. The molecular formula is C29H31ClN4O2. The van der Waals surface area contributed by atoms with Crippen molar-refractivity contribution in [3.8, 4) is 5.88 Å². The summed E-state index contributed by atoms with van der Waals surface area (Å²) in [4.78, 5) is 15.6. The number of rotatable bonds is 2. The average molecular weight is 503 g/mol. The van der Waals surface area contributed by atoms with Crippen LogP contribution >= 0.6 is 11.6 Å². The van der Waals surface area contributed by atoms with Crippen LogP contribution in [0.2, 0.25) is 5.02 Å². The van der Waals surface area contributed by atoms with E-state index >= 15 is 0 Å². The minimum atomic E-state index is -0.00738.